The zero-order chi connectivity index (χ0) is 30.4. The average molecular weight is 584 g/mol. The second-order valence-electron chi connectivity index (χ2n) is 11.5. The average Bonchev–Trinajstić information content (AvgIpc) is 2.93. The van der Waals surface area contributed by atoms with Gasteiger partial charge in [-0.25, -0.2) is 4.79 Å². The highest BCUT2D eigenvalue weighted by atomic mass is 32.1. The minimum Gasteiger partial charge on any atom is -0.444 e. The Balaban J connectivity index is 2.46. The van der Waals surface area contributed by atoms with Crippen molar-refractivity contribution in [2.45, 2.75) is 104 Å². The molecule has 0 saturated heterocycles. The second kappa shape index (κ2) is 17.1. The van der Waals surface area contributed by atoms with Crippen molar-refractivity contribution in [2.75, 3.05) is 17.6 Å². The number of amides is 3. The third kappa shape index (κ3) is 11.4. The molecule has 226 valence electrons. The Bertz CT molecular complexity index is 1110. The predicted molar refractivity (Wildman–Crippen MR) is 170 cm³/mol. The van der Waals surface area contributed by atoms with E-state index in [4.69, 9.17) is 4.74 Å². The lowest BCUT2D eigenvalue weighted by atomic mass is 9.99. The third-order valence-corrected chi connectivity index (χ3v) is 7.24. The number of nitrogens with zero attached hydrogens (tertiary/aromatic N) is 1. The van der Waals surface area contributed by atoms with E-state index in [0.29, 0.717) is 17.8 Å². The van der Waals surface area contributed by atoms with Crippen LogP contribution >= 0.6 is 12.6 Å². The second-order valence-corrected chi connectivity index (χ2v) is 11.8. The van der Waals surface area contributed by atoms with Crippen LogP contribution in [0.1, 0.15) is 95.9 Å². The van der Waals surface area contributed by atoms with Crippen LogP contribution in [0.2, 0.25) is 0 Å². The first-order chi connectivity index (χ1) is 19.5. The normalized spacial score (nSPS) is 12.8. The molecule has 0 heterocycles. The summed E-state index contributed by atoms with van der Waals surface area (Å²) in [6, 6.07) is 13.5. The molecule has 0 saturated carbocycles. The van der Waals surface area contributed by atoms with Crippen molar-refractivity contribution in [1.82, 2.24) is 10.2 Å². The van der Waals surface area contributed by atoms with Gasteiger partial charge in [-0.1, -0.05) is 88.4 Å². The molecule has 7 nitrogen and oxygen atoms in total. The minimum atomic E-state index is -0.961. The number of unbranched alkanes of at least 4 members (excludes halogenated alkanes) is 5. The van der Waals surface area contributed by atoms with Crippen LogP contribution in [0.15, 0.2) is 48.5 Å². The van der Waals surface area contributed by atoms with Gasteiger partial charge in [0.2, 0.25) is 5.91 Å². The molecule has 0 bridgehead atoms. The summed E-state index contributed by atoms with van der Waals surface area (Å²) in [5, 5.41) is 5.74. The number of para-hydroxylation sites is 1. The number of carbonyl (C=O) groups is 3. The van der Waals surface area contributed by atoms with Gasteiger partial charge in [0.15, 0.2) is 0 Å². The zero-order valence-electron chi connectivity index (χ0n) is 25.7. The van der Waals surface area contributed by atoms with Crippen LogP contribution in [0.3, 0.4) is 0 Å². The van der Waals surface area contributed by atoms with Gasteiger partial charge >= 0.3 is 6.09 Å². The van der Waals surface area contributed by atoms with Gasteiger partial charge in [0.25, 0.3) is 5.91 Å². The van der Waals surface area contributed by atoms with Crippen LogP contribution in [0, 0.1) is 6.92 Å². The molecular weight excluding hydrogens is 534 g/mol. The molecule has 0 aliphatic heterocycles. The Hall–Kier alpha value is -3.00. The molecule has 8 heteroatoms. The first kappa shape index (κ1) is 34.2. The molecule has 0 fully saturated rings. The zero-order valence-corrected chi connectivity index (χ0v) is 26.6. The maximum absolute atomic E-state index is 14.1. The summed E-state index contributed by atoms with van der Waals surface area (Å²) in [6.45, 7) is 11.8. The van der Waals surface area contributed by atoms with Crippen LogP contribution in [-0.2, 0) is 20.7 Å². The van der Waals surface area contributed by atoms with Crippen molar-refractivity contribution < 1.29 is 19.1 Å². The van der Waals surface area contributed by atoms with Gasteiger partial charge in [0.05, 0.1) is 0 Å². The first-order valence-corrected chi connectivity index (χ1v) is 15.5. The summed E-state index contributed by atoms with van der Waals surface area (Å²) in [6.07, 6.45) is 6.37. The fraction of sp³-hybridized carbons (Fsp3) is 0.545. The summed E-state index contributed by atoms with van der Waals surface area (Å²) in [7, 11) is 0. The number of carbonyl (C=O) groups excluding carboxylic acids is 3. The van der Waals surface area contributed by atoms with E-state index in [0.717, 1.165) is 49.7 Å². The van der Waals surface area contributed by atoms with E-state index < -0.39 is 23.8 Å². The number of aryl methyl sites for hydroxylation is 2. The van der Waals surface area contributed by atoms with Gasteiger partial charge in [-0.05, 0) is 63.3 Å². The number of hydrogen-bond donors (Lipinski definition) is 3. The van der Waals surface area contributed by atoms with Crippen LogP contribution in [0.5, 0.6) is 0 Å². The van der Waals surface area contributed by atoms with E-state index in [9.17, 15) is 14.4 Å². The fourth-order valence-corrected chi connectivity index (χ4v) is 4.83. The van der Waals surface area contributed by atoms with Crippen molar-refractivity contribution in [3.8, 4) is 0 Å². The Morgan fingerprint density at radius 1 is 0.927 bits per heavy atom. The summed E-state index contributed by atoms with van der Waals surface area (Å²) >= 11 is 4.39. The van der Waals surface area contributed by atoms with Crippen LogP contribution < -0.4 is 10.6 Å². The predicted octanol–water partition coefficient (Wildman–Crippen LogP) is 7.25. The van der Waals surface area contributed by atoms with Gasteiger partial charge < -0.3 is 20.3 Å². The van der Waals surface area contributed by atoms with E-state index in [1.165, 1.54) is 6.42 Å². The lowest BCUT2D eigenvalue weighted by molar-refractivity contribution is -0.140. The van der Waals surface area contributed by atoms with Gasteiger partial charge in [-0.3, -0.25) is 9.59 Å². The number of alkyl carbamates (subject to hydrolysis) is 1. The lowest BCUT2D eigenvalue weighted by Crippen LogP contribution is -2.53. The smallest absolute Gasteiger partial charge is 0.408 e. The number of benzene rings is 2. The molecule has 3 amide bonds. The molecule has 41 heavy (non-hydrogen) atoms. The van der Waals surface area contributed by atoms with Crippen molar-refractivity contribution in [3.05, 3.63) is 65.2 Å². The van der Waals surface area contributed by atoms with E-state index in [1.54, 1.807) is 25.7 Å². The number of anilines is 1. The van der Waals surface area contributed by atoms with Crippen LogP contribution in [0.4, 0.5) is 10.5 Å². The maximum atomic E-state index is 14.1. The molecule has 0 aliphatic carbocycles. The van der Waals surface area contributed by atoms with E-state index in [-0.39, 0.29) is 17.6 Å². The molecule has 0 aromatic heterocycles. The molecule has 2 atom stereocenters. The van der Waals surface area contributed by atoms with Crippen LogP contribution in [0.25, 0.3) is 0 Å². The Kier molecular flexibility index (Phi) is 14.2. The highest BCUT2D eigenvalue weighted by Gasteiger charge is 2.36. The molecule has 2 rings (SSSR count). The Morgan fingerprint density at radius 3 is 2.15 bits per heavy atom. The first-order valence-electron chi connectivity index (χ1n) is 14.9. The quantitative estimate of drug-likeness (QED) is 0.152. The number of rotatable bonds is 15. The monoisotopic (exact) mass is 583 g/mol. The minimum absolute atomic E-state index is 0.0615. The van der Waals surface area contributed by atoms with Gasteiger partial charge in [0.1, 0.15) is 17.7 Å². The summed E-state index contributed by atoms with van der Waals surface area (Å²) in [4.78, 5) is 42.4. The van der Waals surface area contributed by atoms with Gasteiger partial charge in [0, 0.05) is 18.0 Å². The maximum Gasteiger partial charge on any atom is 0.408 e. The van der Waals surface area contributed by atoms with Crippen molar-refractivity contribution in [2.24, 2.45) is 0 Å². The SMILES string of the molecule is CCCCCCCCN(C(=O)C(CS)NC(=O)OC(C)(C)C)C(C(=O)Nc1ccccc1C)c1ccc(CC)cc1. The van der Waals surface area contributed by atoms with Crippen molar-refractivity contribution in [3.63, 3.8) is 0 Å². The topological polar surface area (TPSA) is 87.7 Å². The number of nitrogens with one attached hydrogen (secondary N) is 2. The van der Waals surface area contributed by atoms with Gasteiger partial charge in [-0.15, -0.1) is 0 Å². The van der Waals surface area contributed by atoms with Crippen molar-refractivity contribution >= 4 is 36.2 Å². The van der Waals surface area contributed by atoms with Crippen molar-refractivity contribution in [1.29, 1.82) is 0 Å². The highest BCUT2D eigenvalue weighted by molar-refractivity contribution is 7.80. The van der Waals surface area contributed by atoms with E-state index in [1.807, 2.05) is 55.5 Å². The fourth-order valence-electron chi connectivity index (χ4n) is 4.59. The molecule has 0 aliphatic rings. The van der Waals surface area contributed by atoms with Crippen LogP contribution in [-0.4, -0.2) is 46.7 Å². The van der Waals surface area contributed by atoms with E-state index >= 15 is 0 Å². The molecule has 0 spiro atoms. The largest absolute Gasteiger partial charge is 0.444 e. The Morgan fingerprint density at radius 2 is 1.56 bits per heavy atom. The number of thiol groups is 1. The molecule has 0 radical (unpaired) electrons. The van der Waals surface area contributed by atoms with E-state index in [2.05, 4.69) is 37.1 Å². The lowest BCUT2D eigenvalue weighted by Gasteiger charge is -2.34. The molecule has 2 aromatic carbocycles. The molecule has 2 unspecified atom stereocenters. The number of ether oxygens (including phenoxy) is 1. The number of hydrogen-bond acceptors (Lipinski definition) is 5. The highest BCUT2D eigenvalue weighted by Crippen LogP contribution is 2.27. The summed E-state index contributed by atoms with van der Waals surface area (Å²) < 4.78 is 5.41. The summed E-state index contributed by atoms with van der Waals surface area (Å²) in [5.74, 6) is -0.617. The molecular formula is C33H49N3O4S. The standard InChI is InChI=1S/C33H49N3O4S/c1-7-9-10-11-12-15-22-36(31(38)28(23-41)35-32(39)40-33(4,5)6)29(26-20-18-25(8-2)19-21-26)30(37)34-27-17-14-13-16-24(27)3/h13-14,16-21,28-29,41H,7-12,15,22-23H2,1-6H3,(H,34,37)(H,35,39). The van der Waals surface area contributed by atoms with Gasteiger partial charge in [-0.2, -0.15) is 12.6 Å². The third-order valence-electron chi connectivity index (χ3n) is 6.87. The molecule has 2 aromatic rings. The summed E-state index contributed by atoms with van der Waals surface area (Å²) in [5.41, 5.74) is 2.75. The molecule has 2 N–H and O–H groups in total. The Labute approximate surface area is 252 Å².